The van der Waals surface area contributed by atoms with E-state index in [0.717, 1.165) is 0 Å². The molecule has 0 aliphatic carbocycles. The molecule has 0 aromatic heterocycles. The molecule has 0 amide bonds. The SMILES string of the molecule is C.O=P(O)(O)O.O=S(=O)(O)O.[Fe].[Fe].[LiH].[NaH]. The maximum absolute atomic E-state index is 8.88. The average Bonchev–Trinajstić information content (AvgIpc) is 1.12. The Morgan fingerprint density at radius 3 is 0.933 bits per heavy atom. The summed E-state index contributed by atoms with van der Waals surface area (Å²) in [7, 11) is -9.31. The van der Waals surface area contributed by atoms with Gasteiger partial charge in [0.15, 0.2) is 0 Å². The summed E-state index contributed by atoms with van der Waals surface area (Å²) in [5, 5.41) is 0. The standard InChI is InChI=1S/CH4.2Fe.Li.Na.H3O4P.H2O4S.2H/c;;;;;2*1-5(2,3)4;;/h1H4;;;;;(H3,1,2,3,4);(H2,1,2,3,4);;. The molecule has 0 spiro atoms. The average molecular weight is 356 g/mol. The zero-order valence-corrected chi connectivity index (χ0v) is 8.94. The topological polar surface area (TPSA) is 152 Å². The van der Waals surface area contributed by atoms with E-state index < -0.39 is 18.2 Å². The number of hydrogen-bond donors (Lipinski definition) is 5. The molecular weight excluding hydrogens is 345 g/mol. The van der Waals surface area contributed by atoms with Crippen molar-refractivity contribution in [1.29, 1.82) is 0 Å². The number of hydrogen-bond acceptors (Lipinski definition) is 3. The van der Waals surface area contributed by atoms with Crippen molar-refractivity contribution in [2.45, 2.75) is 7.43 Å². The molecule has 0 bridgehead atoms. The number of phosphoric acid groups is 1. The summed E-state index contributed by atoms with van der Waals surface area (Å²) in [5.74, 6) is 0. The van der Waals surface area contributed by atoms with Gasteiger partial charge in [0.25, 0.3) is 0 Å². The first-order valence-corrected chi connectivity index (χ1v) is 4.44. The summed E-state index contributed by atoms with van der Waals surface area (Å²) < 4.78 is 40.5. The van der Waals surface area contributed by atoms with E-state index in [1.165, 1.54) is 0 Å². The molecule has 5 N–H and O–H groups in total. The van der Waals surface area contributed by atoms with Gasteiger partial charge in [-0.25, -0.2) is 4.57 Å². The second-order valence-corrected chi connectivity index (χ2v) is 2.88. The van der Waals surface area contributed by atoms with Crippen LogP contribution in [0.5, 0.6) is 0 Å². The summed E-state index contributed by atoms with van der Waals surface area (Å²) in [6.45, 7) is 0. The van der Waals surface area contributed by atoms with Gasteiger partial charge in [0.1, 0.15) is 0 Å². The molecule has 0 radical (unpaired) electrons. The molecule has 0 fully saturated rings. The summed E-state index contributed by atoms with van der Waals surface area (Å²) in [6.07, 6.45) is 0. The first-order valence-electron chi connectivity index (χ1n) is 1.48. The predicted molar refractivity (Wildman–Crippen MR) is 49.5 cm³/mol. The van der Waals surface area contributed by atoms with Crippen LogP contribution in [0.25, 0.3) is 0 Å². The maximum atomic E-state index is 8.88. The molecule has 92 valence electrons. The third-order valence-corrected chi connectivity index (χ3v) is 0. The Hall–Kier alpha value is 2.62. The van der Waals surface area contributed by atoms with Crippen LogP contribution in [0.1, 0.15) is 7.43 Å². The molecule has 0 saturated carbocycles. The van der Waals surface area contributed by atoms with E-state index in [4.69, 9.17) is 36.8 Å². The van der Waals surface area contributed by atoms with E-state index in [0.29, 0.717) is 0 Å². The van der Waals surface area contributed by atoms with Gasteiger partial charge in [0, 0.05) is 34.1 Å². The van der Waals surface area contributed by atoms with E-state index in [2.05, 4.69) is 0 Å². The third kappa shape index (κ3) is 519. The molecule has 0 rings (SSSR count). The normalized spacial score (nSPS) is 7.80. The van der Waals surface area contributed by atoms with Crippen LogP contribution in [0.2, 0.25) is 0 Å². The van der Waals surface area contributed by atoms with Crippen LogP contribution in [0, 0.1) is 0 Å². The molecule has 0 unspecified atom stereocenters. The van der Waals surface area contributed by atoms with Crippen molar-refractivity contribution in [3.63, 3.8) is 0 Å². The van der Waals surface area contributed by atoms with Crippen molar-refractivity contribution in [2.75, 3.05) is 0 Å². The van der Waals surface area contributed by atoms with Crippen molar-refractivity contribution in [3.05, 3.63) is 0 Å². The predicted octanol–water partition coefficient (Wildman–Crippen LogP) is -2.25. The molecular formula is CH11Fe2LiNaO8PS. The van der Waals surface area contributed by atoms with E-state index in [9.17, 15) is 0 Å². The van der Waals surface area contributed by atoms with Crippen LogP contribution in [0.15, 0.2) is 0 Å². The Kier molecular flexibility index (Phi) is 54.6. The van der Waals surface area contributed by atoms with E-state index in [-0.39, 0.29) is 90.0 Å². The van der Waals surface area contributed by atoms with Gasteiger partial charge in [-0.15, -0.1) is 0 Å². The van der Waals surface area contributed by atoms with Crippen LogP contribution in [-0.2, 0) is 49.1 Å². The summed E-state index contributed by atoms with van der Waals surface area (Å²) in [6, 6.07) is 0. The molecule has 8 nitrogen and oxygen atoms in total. The van der Waals surface area contributed by atoms with E-state index in [1.807, 2.05) is 0 Å². The summed E-state index contributed by atoms with van der Waals surface area (Å²) in [5.41, 5.74) is 0. The molecule has 0 saturated heterocycles. The molecule has 0 aliphatic heterocycles. The number of rotatable bonds is 0. The Morgan fingerprint density at radius 1 is 0.933 bits per heavy atom. The summed E-state index contributed by atoms with van der Waals surface area (Å²) in [4.78, 5) is 21.6. The zero-order valence-electron chi connectivity index (χ0n) is 5.02. The van der Waals surface area contributed by atoms with Gasteiger partial charge in [-0.2, -0.15) is 8.42 Å². The van der Waals surface area contributed by atoms with Crippen molar-refractivity contribution in [2.24, 2.45) is 0 Å². The van der Waals surface area contributed by atoms with Gasteiger partial charge in [-0.1, -0.05) is 7.43 Å². The second kappa shape index (κ2) is 19.0. The van der Waals surface area contributed by atoms with Crippen molar-refractivity contribution in [3.8, 4) is 0 Å². The van der Waals surface area contributed by atoms with Gasteiger partial charge in [0.2, 0.25) is 0 Å². The van der Waals surface area contributed by atoms with Gasteiger partial charge >= 0.3 is 66.6 Å². The molecule has 14 heteroatoms. The van der Waals surface area contributed by atoms with Gasteiger partial charge in [-0.05, 0) is 0 Å². The Balaban J connectivity index is -0.0000000128. The molecule has 0 aromatic carbocycles. The quantitative estimate of drug-likeness (QED) is 0.186. The van der Waals surface area contributed by atoms with Crippen molar-refractivity contribution < 1.29 is 70.9 Å². The van der Waals surface area contributed by atoms with Crippen LogP contribution >= 0.6 is 7.82 Å². The van der Waals surface area contributed by atoms with Crippen LogP contribution in [0.3, 0.4) is 0 Å². The molecule has 0 atom stereocenters. The molecule has 0 heterocycles. The third-order valence-electron chi connectivity index (χ3n) is 0. The first kappa shape index (κ1) is 43.2. The van der Waals surface area contributed by atoms with Crippen molar-refractivity contribution in [1.82, 2.24) is 0 Å². The van der Waals surface area contributed by atoms with Crippen molar-refractivity contribution >= 4 is 66.6 Å². The Bertz CT molecular complexity index is 211. The van der Waals surface area contributed by atoms with E-state index in [1.54, 1.807) is 0 Å². The first-order chi connectivity index (χ1) is 4.00. The minimum atomic E-state index is -4.67. The second-order valence-electron chi connectivity index (χ2n) is 0.961. The van der Waals surface area contributed by atoms with Crippen LogP contribution in [0.4, 0.5) is 0 Å². The Morgan fingerprint density at radius 2 is 0.933 bits per heavy atom. The fourth-order valence-electron chi connectivity index (χ4n) is 0. The fraction of sp³-hybridized carbons (Fsp3) is 1.00. The molecule has 0 aliphatic rings. The zero-order chi connectivity index (χ0) is 9.00. The summed E-state index contributed by atoms with van der Waals surface area (Å²) >= 11 is 0. The Labute approximate surface area is 143 Å². The molecule has 15 heavy (non-hydrogen) atoms. The van der Waals surface area contributed by atoms with Gasteiger partial charge in [0.05, 0.1) is 0 Å². The fourth-order valence-corrected chi connectivity index (χ4v) is 0. The van der Waals surface area contributed by atoms with E-state index >= 15 is 0 Å². The van der Waals surface area contributed by atoms with Crippen LogP contribution in [-0.4, -0.2) is 80.6 Å². The molecule has 0 aromatic rings. The van der Waals surface area contributed by atoms with Crippen LogP contribution < -0.4 is 0 Å². The van der Waals surface area contributed by atoms with Gasteiger partial charge < -0.3 is 14.7 Å². The monoisotopic (exact) mass is 356 g/mol. The minimum absolute atomic E-state index is 0. The van der Waals surface area contributed by atoms with Gasteiger partial charge in [-0.3, -0.25) is 9.11 Å².